The van der Waals surface area contributed by atoms with Gasteiger partial charge in [-0.25, -0.2) is 0 Å². The lowest BCUT2D eigenvalue weighted by molar-refractivity contribution is 0.169. The lowest BCUT2D eigenvalue weighted by atomic mass is 10.3. The minimum Gasteiger partial charge on any atom is -0.364 e. The number of piperazine rings is 1. The Morgan fingerprint density at radius 3 is 2.81 bits per heavy atom. The Hall–Kier alpha value is -1.56. The SMILES string of the molecule is CCNC(=NCC1CC1)N1CCN(Cc2ccon2)CC1. The third kappa shape index (κ3) is 4.20. The second kappa shape index (κ2) is 6.93. The number of aromatic nitrogens is 1. The molecule has 1 aliphatic heterocycles. The van der Waals surface area contributed by atoms with Crippen LogP contribution in [-0.4, -0.2) is 60.2 Å². The monoisotopic (exact) mass is 291 g/mol. The molecule has 0 amide bonds. The third-order valence-electron chi connectivity index (χ3n) is 4.08. The van der Waals surface area contributed by atoms with E-state index >= 15 is 0 Å². The van der Waals surface area contributed by atoms with Gasteiger partial charge in [-0.05, 0) is 25.7 Å². The molecule has 21 heavy (non-hydrogen) atoms. The van der Waals surface area contributed by atoms with Crippen LogP contribution in [0.15, 0.2) is 21.8 Å². The van der Waals surface area contributed by atoms with Crippen molar-refractivity contribution in [3.8, 4) is 0 Å². The molecule has 0 radical (unpaired) electrons. The Kier molecular flexibility index (Phi) is 4.75. The highest BCUT2D eigenvalue weighted by atomic mass is 16.5. The van der Waals surface area contributed by atoms with Crippen LogP contribution in [0.1, 0.15) is 25.5 Å². The van der Waals surface area contributed by atoms with Crippen molar-refractivity contribution in [1.29, 1.82) is 0 Å². The number of nitrogens with zero attached hydrogens (tertiary/aromatic N) is 4. The summed E-state index contributed by atoms with van der Waals surface area (Å²) in [4.78, 5) is 9.58. The van der Waals surface area contributed by atoms with Gasteiger partial charge in [-0.2, -0.15) is 0 Å². The molecule has 2 heterocycles. The molecule has 1 aromatic rings. The zero-order valence-electron chi connectivity index (χ0n) is 12.8. The summed E-state index contributed by atoms with van der Waals surface area (Å²) in [7, 11) is 0. The van der Waals surface area contributed by atoms with Gasteiger partial charge in [-0.15, -0.1) is 0 Å². The molecule has 3 rings (SSSR count). The minimum atomic E-state index is 0.840. The number of hydrogen-bond donors (Lipinski definition) is 1. The maximum absolute atomic E-state index is 4.89. The van der Waals surface area contributed by atoms with E-state index in [2.05, 4.69) is 27.2 Å². The molecule has 6 nitrogen and oxygen atoms in total. The third-order valence-corrected chi connectivity index (χ3v) is 4.08. The lowest BCUT2D eigenvalue weighted by Crippen LogP contribution is -2.52. The Morgan fingerprint density at radius 2 is 2.19 bits per heavy atom. The highest BCUT2D eigenvalue weighted by molar-refractivity contribution is 5.80. The van der Waals surface area contributed by atoms with Crippen molar-refractivity contribution in [3.63, 3.8) is 0 Å². The van der Waals surface area contributed by atoms with E-state index in [-0.39, 0.29) is 0 Å². The molecule has 116 valence electrons. The molecule has 2 aliphatic rings. The van der Waals surface area contributed by atoms with E-state index in [0.717, 1.165) is 63.4 Å². The van der Waals surface area contributed by atoms with Crippen molar-refractivity contribution in [2.75, 3.05) is 39.3 Å². The Bertz CT molecular complexity index is 447. The topological polar surface area (TPSA) is 56.9 Å². The first-order chi connectivity index (χ1) is 10.3. The van der Waals surface area contributed by atoms with Crippen LogP contribution in [0.4, 0.5) is 0 Å². The predicted octanol–water partition coefficient (Wildman–Crippen LogP) is 1.17. The molecule has 1 saturated heterocycles. The highest BCUT2D eigenvalue weighted by Crippen LogP contribution is 2.28. The second-order valence-electron chi connectivity index (χ2n) is 5.89. The lowest BCUT2D eigenvalue weighted by Gasteiger charge is -2.36. The zero-order valence-corrected chi connectivity index (χ0v) is 12.8. The van der Waals surface area contributed by atoms with Gasteiger partial charge in [0.1, 0.15) is 6.26 Å². The summed E-state index contributed by atoms with van der Waals surface area (Å²) in [6.45, 7) is 9.06. The van der Waals surface area contributed by atoms with Crippen molar-refractivity contribution in [2.45, 2.75) is 26.3 Å². The molecule has 0 aromatic carbocycles. The number of guanidine groups is 1. The number of hydrogen-bond acceptors (Lipinski definition) is 4. The van der Waals surface area contributed by atoms with Crippen LogP contribution in [0, 0.1) is 5.92 Å². The van der Waals surface area contributed by atoms with Gasteiger partial charge < -0.3 is 14.7 Å². The summed E-state index contributed by atoms with van der Waals surface area (Å²) in [5, 5.41) is 7.41. The van der Waals surface area contributed by atoms with E-state index in [1.54, 1.807) is 6.26 Å². The number of rotatable bonds is 5. The number of aliphatic imine (C=N–C) groups is 1. The van der Waals surface area contributed by atoms with Gasteiger partial charge in [-0.1, -0.05) is 5.16 Å². The van der Waals surface area contributed by atoms with Gasteiger partial charge in [0.05, 0.1) is 5.69 Å². The largest absolute Gasteiger partial charge is 0.364 e. The second-order valence-corrected chi connectivity index (χ2v) is 5.89. The molecule has 2 fully saturated rings. The van der Waals surface area contributed by atoms with Gasteiger partial charge in [0.15, 0.2) is 5.96 Å². The molecule has 0 bridgehead atoms. The van der Waals surface area contributed by atoms with E-state index in [1.165, 1.54) is 12.8 Å². The van der Waals surface area contributed by atoms with Crippen molar-refractivity contribution >= 4 is 5.96 Å². The van der Waals surface area contributed by atoms with Crippen molar-refractivity contribution in [2.24, 2.45) is 10.9 Å². The van der Waals surface area contributed by atoms with Gasteiger partial charge in [0, 0.05) is 51.9 Å². The first kappa shape index (κ1) is 14.4. The first-order valence-corrected chi connectivity index (χ1v) is 8.00. The van der Waals surface area contributed by atoms with Crippen molar-refractivity contribution < 1.29 is 4.52 Å². The van der Waals surface area contributed by atoms with Crippen LogP contribution in [0.25, 0.3) is 0 Å². The summed E-state index contributed by atoms with van der Waals surface area (Å²) in [6, 6.07) is 1.94. The summed E-state index contributed by atoms with van der Waals surface area (Å²) in [6.07, 6.45) is 4.35. The van der Waals surface area contributed by atoms with Gasteiger partial charge in [-0.3, -0.25) is 9.89 Å². The Morgan fingerprint density at radius 1 is 1.38 bits per heavy atom. The molecule has 1 aromatic heterocycles. The Labute approximate surface area is 126 Å². The predicted molar refractivity (Wildman–Crippen MR) is 82.1 cm³/mol. The standard InChI is InChI=1S/C15H25N5O/c1-2-16-15(17-11-13-3-4-13)20-8-6-19(7-9-20)12-14-5-10-21-18-14/h5,10,13H,2-4,6-9,11-12H2,1H3,(H,16,17). The van der Waals surface area contributed by atoms with Crippen LogP contribution < -0.4 is 5.32 Å². The van der Waals surface area contributed by atoms with Crippen molar-refractivity contribution in [1.82, 2.24) is 20.3 Å². The van der Waals surface area contributed by atoms with Crippen LogP contribution in [0.3, 0.4) is 0 Å². The van der Waals surface area contributed by atoms with E-state index in [1.807, 2.05) is 6.07 Å². The van der Waals surface area contributed by atoms with Gasteiger partial charge in [0.2, 0.25) is 0 Å². The minimum absolute atomic E-state index is 0.840. The normalized spacial score (nSPS) is 20.8. The Balaban J connectivity index is 1.49. The summed E-state index contributed by atoms with van der Waals surface area (Å²) < 4.78 is 4.89. The zero-order chi connectivity index (χ0) is 14.5. The number of nitrogens with one attached hydrogen (secondary N) is 1. The summed E-state index contributed by atoms with van der Waals surface area (Å²) in [5.74, 6) is 1.93. The molecular formula is C15H25N5O. The van der Waals surface area contributed by atoms with Crippen LogP contribution >= 0.6 is 0 Å². The van der Waals surface area contributed by atoms with E-state index in [4.69, 9.17) is 9.52 Å². The van der Waals surface area contributed by atoms with E-state index < -0.39 is 0 Å². The van der Waals surface area contributed by atoms with E-state index in [0.29, 0.717) is 0 Å². The van der Waals surface area contributed by atoms with E-state index in [9.17, 15) is 0 Å². The summed E-state index contributed by atoms with van der Waals surface area (Å²) >= 11 is 0. The summed E-state index contributed by atoms with van der Waals surface area (Å²) in [5.41, 5.74) is 1.01. The average Bonchev–Trinajstić information content (AvgIpc) is 3.20. The molecule has 0 spiro atoms. The van der Waals surface area contributed by atoms with Crippen LogP contribution in [0.2, 0.25) is 0 Å². The molecule has 1 saturated carbocycles. The smallest absolute Gasteiger partial charge is 0.194 e. The van der Waals surface area contributed by atoms with Gasteiger partial charge >= 0.3 is 0 Å². The quantitative estimate of drug-likeness (QED) is 0.652. The maximum atomic E-state index is 4.89. The molecule has 1 N–H and O–H groups in total. The van der Waals surface area contributed by atoms with Crippen LogP contribution in [-0.2, 0) is 6.54 Å². The fourth-order valence-corrected chi connectivity index (χ4v) is 2.61. The molecule has 6 heteroatoms. The van der Waals surface area contributed by atoms with Gasteiger partial charge in [0.25, 0.3) is 0 Å². The van der Waals surface area contributed by atoms with Crippen LogP contribution in [0.5, 0.6) is 0 Å². The highest BCUT2D eigenvalue weighted by Gasteiger charge is 2.23. The molecule has 0 unspecified atom stereocenters. The molecular weight excluding hydrogens is 266 g/mol. The maximum Gasteiger partial charge on any atom is 0.194 e. The molecule has 1 aliphatic carbocycles. The van der Waals surface area contributed by atoms with Crippen molar-refractivity contribution in [3.05, 3.63) is 18.0 Å². The fraction of sp³-hybridized carbons (Fsp3) is 0.733. The molecule has 0 atom stereocenters. The average molecular weight is 291 g/mol. The fourth-order valence-electron chi connectivity index (χ4n) is 2.61. The first-order valence-electron chi connectivity index (χ1n) is 8.00.